The van der Waals surface area contributed by atoms with Crippen LogP contribution in [-0.2, 0) is 22.8 Å². The van der Waals surface area contributed by atoms with E-state index in [-0.39, 0.29) is 17.3 Å². The number of hydrogen-bond acceptors (Lipinski definition) is 7. The quantitative estimate of drug-likeness (QED) is 0.159. The third-order valence-electron chi connectivity index (χ3n) is 4.55. The van der Waals surface area contributed by atoms with Crippen molar-refractivity contribution in [1.29, 1.82) is 0 Å². The molecule has 1 aromatic heterocycles. The van der Waals surface area contributed by atoms with E-state index in [1.165, 1.54) is 35.5 Å². The zero-order chi connectivity index (χ0) is 23.8. The topological polar surface area (TPSA) is 103 Å². The van der Waals surface area contributed by atoms with Gasteiger partial charge in [-0.05, 0) is 36.2 Å². The number of halogens is 1. The van der Waals surface area contributed by atoms with Gasteiger partial charge in [-0.2, -0.15) is 0 Å². The van der Waals surface area contributed by atoms with Crippen molar-refractivity contribution < 1.29 is 9.72 Å². The molecule has 0 spiro atoms. The lowest BCUT2D eigenvalue weighted by Crippen LogP contribution is -2.15. The van der Waals surface area contributed by atoms with Crippen LogP contribution >= 0.6 is 35.1 Å². The number of benzene rings is 2. The Labute approximate surface area is 205 Å². The molecular formula is C22H22ClN5O3S2. The Balaban J connectivity index is 1.57. The predicted octanol–water partition coefficient (Wildman–Crippen LogP) is 5.50. The molecule has 0 bridgehead atoms. The number of aromatic nitrogens is 3. The maximum absolute atomic E-state index is 12.4. The summed E-state index contributed by atoms with van der Waals surface area (Å²) in [5.74, 6) is 2.19. The Morgan fingerprint density at radius 3 is 2.67 bits per heavy atom. The number of nitro groups is 1. The van der Waals surface area contributed by atoms with Crippen molar-refractivity contribution in [2.75, 3.05) is 11.1 Å². The number of amides is 1. The van der Waals surface area contributed by atoms with Crippen molar-refractivity contribution in [2.45, 2.75) is 30.1 Å². The molecule has 0 saturated carbocycles. The summed E-state index contributed by atoms with van der Waals surface area (Å²) in [5.41, 5.74) is 2.32. The number of nitro benzene ring substituents is 1. The van der Waals surface area contributed by atoms with Crippen molar-refractivity contribution in [3.63, 3.8) is 0 Å². The number of nitrogens with one attached hydrogen (secondary N) is 1. The molecule has 0 unspecified atom stereocenters. The van der Waals surface area contributed by atoms with Crippen LogP contribution in [-0.4, -0.2) is 31.3 Å². The fourth-order valence-corrected chi connectivity index (χ4v) is 4.72. The van der Waals surface area contributed by atoms with Gasteiger partial charge >= 0.3 is 0 Å². The largest absolute Gasteiger partial charge is 0.325 e. The standard InChI is InChI=1S/C22H22ClN5O3S2/c1-3-10-27-20(13-32-12-16-4-6-17(23)7-5-16)25-26-22(27)33-14-21(29)24-19-9-8-18(28(30)31)11-15(19)2/h3-9,11H,1,10,12-14H2,2H3,(H,24,29). The Bertz CT molecular complexity index is 1150. The van der Waals surface area contributed by atoms with Gasteiger partial charge in [0.25, 0.3) is 5.69 Å². The number of anilines is 1. The van der Waals surface area contributed by atoms with Gasteiger partial charge < -0.3 is 9.88 Å². The van der Waals surface area contributed by atoms with Gasteiger partial charge in [0, 0.05) is 35.1 Å². The minimum atomic E-state index is -0.466. The maximum atomic E-state index is 12.4. The number of allylic oxidation sites excluding steroid dienone is 1. The summed E-state index contributed by atoms with van der Waals surface area (Å²) in [5, 5.41) is 23.5. The molecule has 0 aliphatic carbocycles. The number of thioether (sulfide) groups is 2. The average molecular weight is 504 g/mol. The lowest BCUT2D eigenvalue weighted by Gasteiger charge is -2.09. The Hall–Kier alpha value is -2.82. The van der Waals surface area contributed by atoms with Gasteiger partial charge in [0.05, 0.1) is 16.4 Å². The smallest absolute Gasteiger partial charge is 0.269 e. The van der Waals surface area contributed by atoms with Gasteiger partial charge in [-0.15, -0.1) is 28.5 Å². The van der Waals surface area contributed by atoms with Gasteiger partial charge in [0.1, 0.15) is 5.82 Å². The molecule has 0 aliphatic heterocycles. The third-order valence-corrected chi connectivity index (χ3v) is 6.76. The zero-order valence-electron chi connectivity index (χ0n) is 17.9. The van der Waals surface area contributed by atoms with Crippen molar-refractivity contribution in [3.05, 3.63) is 87.2 Å². The summed E-state index contributed by atoms with van der Waals surface area (Å²) in [4.78, 5) is 22.8. The van der Waals surface area contributed by atoms with Crippen LogP contribution in [0, 0.1) is 17.0 Å². The van der Waals surface area contributed by atoms with Crippen LogP contribution in [0.15, 0.2) is 60.3 Å². The van der Waals surface area contributed by atoms with E-state index in [0.29, 0.717) is 33.7 Å². The highest BCUT2D eigenvalue weighted by atomic mass is 35.5. The summed E-state index contributed by atoms with van der Waals surface area (Å²) in [6, 6.07) is 12.1. The van der Waals surface area contributed by atoms with Crippen molar-refractivity contribution in [1.82, 2.24) is 14.8 Å². The highest BCUT2D eigenvalue weighted by Crippen LogP contribution is 2.24. The summed E-state index contributed by atoms with van der Waals surface area (Å²) in [7, 11) is 0. The normalized spacial score (nSPS) is 10.7. The molecule has 33 heavy (non-hydrogen) atoms. The third kappa shape index (κ3) is 7.08. The number of rotatable bonds is 11. The van der Waals surface area contributed by atoms with Crippen LogP contribution < -0.4 is 5.32 Å². The Morgan fingerprint density at radius 1 is 1.24 bits per heavy atom. The summed E-state index contributed by atoms with van der Waals surface area (Å²) >= 11 is 8.92. The number of nitrogens with zero attached hydrogens (tertiary/aromatic N) is 4. The van der Waals surface area contributed by atoms with Gasteiger partial charge in [-0.25, -0.2) is 0 Å². The van der Waals surface area contributed by atoms with E-state index in [1.807, 2.05) is 28.8 Å². The van der Waals surface area contributed by atoms with E-state index in [2.05, 4.69) is 22.1 Å². The van der Waals surface area contributed by atoms with Crippen molar-refractivity contribution in [3.8, 4) is 0 Å². The highest BCUT2D eigenvalue weighted by Gasteiger charge is 2.15. The average Bonchev–Trinajstić information content (AvgIpc) is 3.16. The summed E-state index contributed by atoms with van der Waals surface area (Å²) in [6.45, 7) is 6.05. The minimum absolute atomic E-state index is 0.0149. The molecular weight excluding hydrogens is 482 g/mol. The SMILES string of the molecule is C=CCn1c(CSCc2ccc(Cl)cc2)nnc1SCC(=O)Nc1ccc([N+](=O)[O-])cc1C. The van der Waals surface area contributed by atoms with Gasteiger partial charge in [-0.1, -0.05) is 41.6 Å². The fourth-order valence-electron chi connectivity index (χ4n) is 2.90. The maximum Gasteiger partial charge on any atom is 0.269 e. The van der Waals surface area contributed by atoms with E-state index in [1.54, 1.807) is 24.8 Å². The van der Waals surface area contributed by atoms with Crippen LogP contribution in [0.2, 0.25) is 5.02 Å². The number of carbonyl (C=O) groups excluding carboxylic acids is 1. The molecule has 3 aromatic rings. The second-order valence-electron chi connectivity index (χ2n) is 7.01. The first kappa shape index (κ1) is 24.8. The number of aryl methyl sites for hydroxylation is 1. The predicted molar refractivity (Wildman–Crippen MR) is 134 cm³/mol. The number of non-ortho nitro benzene ring substituents is 1. The first-order chi connectivity index (χ1) is 15.9. The lowest BCUT2D eigenvalue weighted by atomic mass is 10.2. The molecule has 0 aliphatic rings. The zero-order valence-corrected chi connectivity index (χ0v) is 20.3. The molecule has 172 valence electrons. The van der Waals surface area contributed by atoms with Crippen LogP contribution in [0.1, 0.15) is 17.0 Å². The molecule has 8 nitrogen and oxygen atoms in total. The van der Waals surface area contributed by atoms with Crippen LogP contribution in [0.25, 0.3) is 0 Å². The van der Waals surface area contributed by atoms with E-state index in [4.69, 9.17) is 11.6 Å². The Kier molecular flexibility index (Phi) is 8.93. The second-order valence-corrected chi connectivity index (χ2v) is 9.38. The van der Waals surface area contributed by atoms with Crippen LogP contribution in [0.4, 0.5) is 11.4 Å². The van der Waals surface area contributed by atoms with Crippen molar-refractivity contribution in [2.24, 2.45) is 0 Å². The number of hydrogen-bond donors (Lipinski definition) is 1. The van der Waals surface area contributed by atoms with E-state index < -0.39 is 4.92 Å². The lowest BCUT2D eigenvalue weighted by molar-refractivity contribution is -0.384. The van der Waals surface area contributed by atoms with Crippen LogP contribution in [0.3, 0.4) is 0 Å². The minimum Gasteiger partial charge on any atom is -0.325 e. The molecule has 1 heterocycles. The number of carbonyl (C=O) groups is 1. The molecule has 1 N–H and O–H groups in total. The monoisotopic (exact) mass is 503 g/mol. The molecule has 0 radical (unpaired) electrons. The second kappa shape index (κ2) is 11.9. The van der Waals surface area contributed by atoms with E-state index >= 15 is 0 Å². The molecule has 3 rings (SSSR count). The molecule has 0 atom stereocenters. The van der Waals surface area contributed by atoms with Gasteiger partial charge in [0.2, 0.25) is 5.91 Å². The summed E-state index contributed by atoms with van der Waals surface area (Å²) in [6.07, 6.45) is 1.76. The van der Waals surface area contributed by atoms with Gasteiger partial charge in [-0.3, -0.25) is 14.9 Å². The molecule has 0 saturated heterocycles. The first-order valence-corrected chi connectivity index (χ1v) is 12.4. The summed E-state index contributed by atoms with van der Waals surface area (Å²) < 4.78 is 1.94. The van der Waals surface area contributed by atoms with Crippen molar-refractivity contribution >= 4 is 52.4 Å². The molecule has 0 fully saturated rings. The molecule has 1 amide bonds. The van der Waals surface area contributed by atoms with E-state index in [9.17, 15) is 14.9 Å². The molecule has 11 heteroatoms. The van der Waals surface area contributed by atoms with Gasteiger partial charge in [0.15, 0.2) is 5.16 Å². The highest BCUT2D eigenvalue weighted by molar-refractivity contribution is 7.99. The first-order valence-electron chi connectivity index (χ1n) is 9.90. The fraction of sp³-hybridized carbons (Fsp3) is 0.227. The molecule has 2 aromatic carbocycles. The van der Waals surface area contributed by atoms with E-state index in [0.717, 1.165) is 11.6 Å². The van der Waals surface area contributed by atoms with Crippen LogP contribution in [0.5, 0.6) is 0 Å². The Morgan fingerprint density at radius 2 is 2.00 bits per heavy atom.